The van der Waals surface area contributed by atoms with Gasteiger partial charge in [0.2, 0.25) is 0 Å². The van der Waals surface area contributed by atoms with Gasteiger partial charge in [0.05, 0.1) is 0 Å². The lowest BCUT2D eigenvalue weighted by atomic mass is 9.96. The molecule has 188 valence electrons. The topological polar surface area (TPSA) is 49.7 Å². The largest absolute Gasteiger partial charge is 0.507 e. The van der Waals surface area contributed by atoms with Crippen LogP contribution in [-0.4, -0.2) is 10.2 Å². The van der Waals surface area contributed by atoms with E-state index in [1.165, 1.54) is 0 Å². The van der Waals surface area contributed by atoms with Gasteiger partial charge in [0.1, 0.15) is 23.0 Å². The lowest BCUT2D eigenvalue weighted by molar-refractivity contribution is 0.463. The van der Waals surface area contributed by atoms with E-state index in [0.29, 0.717) is 33.8 Å². The van der Waals surface area contributed by atoms with Gasteiger partial charge in [0, 0.05) is 22.3 Å². The third kappa shape index (κ3) is 4.98. The Morgan fingerprint density at radius 1 is 0.333 bits per heavy atom. The van der Waals surface area contributed by atoms with Crippen molar-refractivity contribution in [2.45, 2.75) is 0 Å². The fourth-order valence-corrected chi connectivity index (χ4v) is 4.82. The molecule has 6 aromatic carbocycles. The molecule has 0 unspecified atom stereocenters. The fourth-order valence-electron chi connectivity index (χ4n) is 4.82. The summed E-state index contributed by atoms with van der Waals surface area (Å²) in [5, 5.41) is 22.6. The molecule has 0 aromatic heterocycles. The monoisotopic (exact) mass is 506 g/mol. The predicted molar refractivity (Wildman–Crippen MR) is 158 cm³/mol. The van der Waals surface area contributed by atoms with Gasteiger partial charge >= 0.3 is 0 Å². The van der Waals surface area contributed by atoms with E-state index < -0.39 is 0 Å². The summed E-state index contributed by atoms with van der Waals surface area (Å²) in [6.07, 6.45) is 0. The normalized spacial score (nSPS) is 10.8. The van der Waals surface area contributed by atoms with Gasteiger partial charge in [-0.1, -0.05) is 121 Å². The lowest BCUT2D eigenvalue weighted by Gasteiger charge is -2.17. The van der Waals surface area contributed by atoms with Gasteiger partial charge in [-0.2, -0.15) is 0 Å². The van der Waals surface area contributed by atoms with E-state index in [1.807, 2.05) is 146 Å². The highest BCUT2D eigenvalue weighted by molar-refractivity contribution is 5.85. The van der Waals surface area contributed by atoms with Crippen molar-refractivity contribution in [1.29, 1.82) is 0 Å². The predicted octanol–water partition coefficient (Wildman–Crippen LogP) is 9.56. The van der Waals surface area contributed by atoms with Crippen LogP contribution in [0.2, 0.25) is 0 Å². The summed E-state index contributed by atoms with van der Waals surface area (Å²) < 4.78 is 6.51. The standard InChI is InChI=1S/C36H26O3/c37-35-31(25-13-5-1-6-14-25)21-29(22-32(35)26-15-7-2-8-16-26)39-30-23-33(27-17-9-3-10-18-27)36(38)34(24-30)28-19-11-4-12-20-28/h1-24,37-38H. The maximum Gasteiger partial charge on any atom is 0.131 e. The fraction of sp³-hybridized carbons (Fsp3) is 0. The maximum absolute atomic E-state index is 11.3. The summed E-state index contributed by atoms with van der Waals surface area (Å²) in [4.78, 5) is 0. The van der Waals surface area contributed by atoms with E-state index in [9.17, 15) is 10.2 Å². The minimum absolute atomic E-state index is 0.195. The second-order valence-corrected chi connectivity index (χ2v) is 9.30. The van der Waals surface area contributed by atoms with Crippen molar-refractivity contribution in [3.8, 4) is 67.5 Å². The van der Waals surface area contributed by atoms with Crippen LogP contribution >= 0.6 is 0 Å². The number of aromatic hydroxyl groups is 2. The third-order valence-corrected chi connectivity index (χ3v) is 6.74. The molecule has 3 heteroatoms. The van der Waals surface area contributed by atoms with Gasteiger partial charge in [-0.3, -0.25) is 0 Å². The van der Waals surface area contributed by atoms with Crippen molar-refractivity contribution in [2.75, 3.05) is 0 Å². The molecule has 0 aliphatic heterocycles. The first-order chi connectivity index (χ1) is 19.2. The van der Waals surface area contributed by atoms with Crippen molar-refractivity contribution in [1.82, 2.24) is 0 Å². The Labute approximate surface area is 227 Å². The molecule has 39 heavy (non-hydrogen) atoms. The Hall–Kier alpha value is -5.28. The average molecular weight is 507 g/mol. The van der Waals surface area contributed by atoms with Crippen molar-refractivity contribution < 1.29 is 14.9 Å². The Balaban J connectivity index is 1.52. The molecule has 0 saturated heterocycles. The van der Waals surface area contributed by atoms with Crippen LogP contribution in [0.3, 0.4) is 0 Å². The van der Waals surface area contributed by atoms with E-state index >= 15 is 0 Å². The summed E-state index contributed by atoms with van der Waals surface area (Å²) >= 11 is 0. The number of rotatable bonds is 6. The molecule has 2 N–H and O–H groups in total. The van der Waals surface area contributed by atoms with Gasteiger partial charge in [0.25, 0.3) is 0 Å². The summed E-state index contributed by atoms with van der Waals surface area (Å²) in [6.45, 7) is 0. The Morgan fingerprint density at radius 3 is 0.795 bits per heavy atom. The number of hydrogen-bond donors (Lipinski definition) is 2. The van der Waals surface area contributed by atoms with Crippen molar-refractivity contribution in [2.24, 2.45) is 0 Å². The van der Waals surface area contributed by atoms with Crippen molar-refractivity contribution >= 4 is 0 Å². The van der Waals surface area contributed by atoms with E-state index in [0.717, 1.165) is 22.3 Å². The molecule has 0 amide bonds. The molecule has 6 rings (SSSR count). The number of phenols is 2. The van der Waals surface area contributed by atoms with E-state index in [2.05, 4.69) is 0 Å². The van der Waals surface area contributed by atoms with Crippen LogP contribution < -0.4 is 4.74 Å². The zero-order valence-electron chi connectivity index (χ0n) is 21.2. The molecular formula is C36H26O3. The van der Waals surface area contributed by atoms with E-state index in [4.69, 9.17) is 4.74 Å². The van der Waals surface area contributed by atoms with Crippen LogP contribution in [0.15, 0.2) is 146 Å². The molecule has 0 radical (unpaired) electrons. The van der Waals surface area contributed by atoms with Gasteiger partial charge < -0.3 is 14.9 Å². The number of hydrogen-bond acceptors (Lipinski definition) is 3. The average Bonchev–Trinajstić information content (AvgIpc) is 3.00. The zero-order chi connectivity index (χ0) is 26.6. The van der Waals surface area contributed by atoms with Crippen molar-refractivity contribution in [3.05, 3.63) is 146 Å². The molecule has 0 aliphatic rings. The number of phenolic OH excluding ortho intramolecular Hbond substituents is 2. The molecule has 0 fully saturated rings. The molecule has 3 nitrogen and oxygen atoms in total. The molecule has 0 spiro atoms. The lowest BCUT2D eigenvalue weighted by Crippen LogP contribution is -1.92. The van der Waals surface area contributed by atoms with Gasteiger partial charge in [0.15, 0.2) is 0 Å². The maximum atomic E-state index is 11.3. The van der Waals surface area contributed by atoms with Crippen LogP contribution in [0.25, 0.3) is 44.5 Å². The first kappa shape index (κ1) is 24.1. The minimum Gasteiger partial charge on any atom is -0.507 e. The summed E-state index contributed by atoms with van der Waals surface area (Å²) in [5.41, 5.74) is 6.26. The van der Waals surface area contributed by atoms with Gasteiger partial charge in [-0.15, -0.1) is 0 Å². The summed E-state index contributed by atoms with van der Waals surface area (Å²) in [5.74, 6) is 1.55. The molecule has 0 atom stereocenters. The van der Waals surface area contributed by atoms with E-state index in [1.54, 1.807) is 0 Å². The van der Waals surface area contributed by atoms with E-state index in [-0.39, 0.29) is 11.5 Å². The first-order valence-electron chi connectivity index (χ1n) is 12.8. The van der Waals surface area contributed by atoms with Crippen molar-refractivity contribution in [3.63, 3.8) is 0 Å². The number of benzene rings is 6. The SMILES string of the molecule is Oc1c(-c2ccccc2)cc(Oc2cc(-c3ccccc3)c(O)c(-c3ccccc3)c2)cc1-c1ccccc1. The number of ether oxygens (including phenoxy) is 1. The smallest absolute Gasteiger partial charge is 0.131 e. The molecule has 0 heterocycles. The van der Waals surface area contributed by atoms with Gasteiger partial charge in [-0.05, 0) is 46.5 Å². The zero-order valence-corrected chi connectivity index (χ0v) is 21.2. The van der Waals surface area contributed by atoms with Crippen LogP contribution in [0.5, 0.6) is 23.0 Å². The molecular weight excluding hydrogens is 480 g/mol. The molecule has 0 bridgehead atoms. The van der Waals surface area contributed by atoms with Crippen LogP contribution in [-0.2, 0) is 0 Å². The second kappa shape index (κ2) is 10.6. The molecule has 0 saturated carbocycles. The van der Waals surface area contributed by atoms with Crippen LogP contribution in [0, 0.1) is 0 Å². The molecule has 6 aromatic rings. The summed E-state index contributed by atoms with van der Waals surface area (Å²) in [7, 11) is 0. The highest BCUT2D eigenvalue weighted by Crippen LogP contribution is 2.45. The van der Waals surface area contributed by atoms with Crippen LogP contribution in [0.1, 0.15) is 0 Å². The third-order valence-electron chi connectivity index (χ3n) is 6.74. The first-order valence-corrected chi connectivity index (χ1v) is 12.8. The Bertz CT molecular complexity index is 1460. The minimum atomic E-state index is 0.195. The highest BCUT2D eigenvalue weighted by Gasteiger charge is 2.18. The Morgan fingerprint density at radius 2 is 0.564 bits per heavy atom. The molecule has 0 aliphatic carbocycles. The Kier molecular flexibility index (Phi) is 6.55. The van der Waals surface area contributed by atoms with Gasteiger partial charge in [-0.25, -0.2) is 0 Å². The second-order valence-electron chi connectivity index (χ2n) is 9.30. The summed E-state index contributed by atoms with van der Waals surface area (Å²) in [6, 6.07) is 46.5. The van der Waals surface area contributed by atoms with Crippen LogP contribution in [0.4, 0.5) is 0 Å². The quantitative estimate of drug-likeness (QED) is 0.236. The highest BCUT2D eigenvalue weighted by atomic mass is 16.5.